The number of carbonyl (C=O) groups is 1. The van der Waals surface area contributed by atoms with Gasteiger partial charge < -0.3 is 4.90 Å². The summed E-state index contributed by atoms with van der Waals surface area (Å²) in [5.74, 6) is 0.103. The van der Waals surface area contributed by atoms with Crippen LogP contribution in [0.4, 0.5) is 0 Å². The quantitative estimate of drug-likeness (QED) is 0.791. The molecular formula is C14H18N2O3S2. The van der Waals surface area contributed by atoms with Gasteiger partial charge >= 0.3 is 0 Å². The number of sulfonamides is 1. The van der Waals surface area contributed by atoms with Gasteiger partial charge in [0.05, 0.1) is 0 Å². The Balaban J connectivity index is 1.88. The highest BCUT2D eigenvalue weighted by molar-refractivity contribution is 7.91. The van der Waals surface area contributed by atoms with Crippen LogP contribution in [0.2, 0.25) is 0 Å². The summed E-state index contributed by atoms with van der Waals surface area (Å²) < 4.78 is 27.4. The molecule has 1 aromatic rings. The fourth-order valence-electron chi connectivity index (χ4n) is 3.31. The van der Waals surface area contributed by atoms with Crippen LogP contribution in [-0.2, 0) is 14.8 Å². The molecule has 5 nitrogen and oxygen atoms in total. The number of thiophene rings is 1. The first kappa shape index (κ1) is 14.7. The van der Waals surface area contributed by atoms with Crippen molar-refractivity contribution >= 4 is 27.3 Å². The average Bonchev–Trinajstić information content (AvgIpc) is 3.10. The van der Waals surface area contributed by atoms with E-state index in [0.29, 0.717) is 36.6 Å². The SMILES string of the molecule is C=CCN1C(=O)CC[C@@H]2[C@H]1CCN2S(=O)(=O)c1cccs1. The van der Waals surface area contributed by atoms with Crippen LogP contribution >= 0.6 is 11.3 Å². The third-order valence-electron chi connectivity index (χ3n) is 4.22. The molecule has 114 valence electrons. The third kappa shape index (κ3) is 2.43. The van der Waals surface area contributed by atoms with Gasteiger partial charge in [0.25, 0.3) is 10.0 Å². The molecule has 0 saturated carbocycles. The van der Waals surface area contributed by atoms with Gasteiger partial charge in [0.1, 0.15) is 4.21 Å². The number of carbonyl (C=O) groups excluding carboxylic acids is 1. The largest absolute Gasteiger partial charge is 0.334 e. The average molecular weight is 326 g/mol. The molecule has 2 fully saturated rings. The van der Waals surface area contributed by atoms with E-state index in [1.807, 2.05) is 0 Å². The molecule has 0 N–H and O–H groups in total. The molecule has 2 aliphatic rings. The summed E-state index contributed by atoms with van der Waals surface area (Å²) in [6, 6.07) is 3.27. The second-order valence-corrected chi connectivity index (χ2v) is 8.41. The zero-order valence-corrected chi connectivity index (χ0v) is 13.3. The lowest BCUT2D eigenvalue weighted by Crippen LogP contribution is -2.53. The standard InChI is InChI=1S/C14H18N2O3S2/c1-2-8-15-11-7-9-16(12(11)5-6-13(15)17)21(18,19)14-4-3-10-20-14/h2-4,10-12H,1,5-9H2/t11-,12-/m1/s1. The molecule has 21 heavy (non-hydrogen) atoms. The summed E-state index contributed by atoms with van der Waals surface area (Å²) >= 11 is 1.24. The Labute approximate surface area is 128 Å². The number of likely N-dealkylation sites (tertiary alicyclic amines) is 1. The molecule has 3 heterocycles. The van der Waals surface area contributed by atoms with Gasteiger partial charge in [0.2, 0.25) is 5.91 Å². The van der Waals surface area contributed by atoms with E-state index < -0.39 is 10.0 Å². The minimum Gasteiger partial charge on any atom is -0.334 e. The van der Waals surface area contributed by atoms with Crippen LogP contribution in [0.1, 0.15) is 19.3 Å². The summed E-state index contributed by atoms with van der Waals surface area (Å²) in [6.45, 7) is 4.66. The summed E-state index contributed by atoms with van der Waals surface area (Å²) in [4.78, 5) is 13.8. The highest BCUT2D eigenvalue weighted by Crippen LogP contribution is 2.36. The predicted octanol–water partition coefficient (Wildman–Crippen LogP) is 1.69. The van der Waals surface area contributed by atoms with Crippen LogP contribution in [0, 0.1) is 0 Å². The van der Waals surface area contributed by atoms with Crippen LogP contribution in [0.25, 0.3) is 0 Å². The van der Waals surface area contributed by atoms with E-state index in [-0.39, 0.29) is 18.0 Å². The lowest BCUT2D eigenvalue weighted by atomic mass is 9.97. The van der Waals surface area contributed by atoms with E-state index >= 15 is 0 Å². The minimum atomic E-state index is -3.43. The second kappa shape index (κ2) is 5.55. The van der Waals surface area contributed by atoms with Crippen LogP contribution in [0.5, 0.6) is 0 Å². The topological polar surface area (TPSA) is 57.7 Å². The lowest BCUT2D eigenvalue weighted by Gasteiger charge is -2.38. The fourth-order valence-corrected chi connectivity index (χ4v) is 6.13. The summed E-state index contributed by atoms with van der Waals surface area (Å²) in [5, 5.41) is 1.77. The third-order valence-corrected chi connectivity index (χ3v) is 7.52. The van der Waals surface area contributed by atoms with E-state index in [4.69, 9.17) is 0 Å². The number of hydrogen-bond acceptors (Lipinski definition) is 4. The first-order valence-electron chi connectivity index (χ1n) is 7.01. The molecule has 0 aromatic carbocycles. The van der Waals surface area contributed by atoms with Crippen molar-refractivity contribution in [3.8, 4) is 0 Å². The maximum atomic E-state index is 12.7. The van der Waals surface area contributed by atoms with E-state index in [0.717, 1.165) is 0 Å². The highest BCUT2D eigenvalue weighted by Gasteiger charge is 2.47. The molecule has 3 rings (SSSR count). The van der Waals surface area contributed by atoms with E-state index in [2.05, 4.69) is 6.58 Å². The van der Waals surface area contributed by atoms with Crippen molar-refractivity contribution in [3.63, 3.8) is 0 Å². The number of fused-ring (bicyclic) bond motifs is 1. The van der Waals surface area contributed by atoms with Crippen LogP contribution in [-0.4, -0.2) is 48.7 Å². The summed E-state index contributed by atoms with van der Waals surface area (Å²) in [5.41, 5.74) is 0. The van der Waals surface area contributed by atoms with Crippen molar-refractivity contribution in [2.24, 2.45) is 0 Å². The van der Waals surface area contributed by atoms with Crippen LogP contribution < -0.4 is 0 Å². The molecule has 7 heteroatoms. The molecule has 2 saturated heterocycles. The molecule has 0 aliphatic carbocycles. The molecule has 0 radical (unpaired) electrons. The van der Waals surface area contributed by atoms with Gasteiger partial charge in [-0.3, -0.25) is 4.79 Å². The summed E-state index contributed by atoms with van der Waals surface area (Å²) in [6.07, 6.45) is 3.43. The van der Waals surface area contributed by atoms with Crippen molar-refractivity contribution in [3.05, 3.63) is 30.2 Å². The Bertz CT molecular complexity index is 639. The van der Waals surface area contributed by atoms with E-state index in [1.165, 1.54) is 11.3 Å². The Morgan fingerprint density at radius 3 is 2.86 bits per heavy atom. The first-order chi connectivity index (χ1) is 10.1. The summed E-state index contributed by atoms with van der Waals surface area (Å²) in [7, 11) is -3.43. The van der Waals surface area contributed by atoms with Crippen molar-refractivity contribution in [2.45, 2.75) is 35.6 Å². The van der Waals surface area contributed by atoms with E-state index in [9.17, 15) is 13.2 Å². The van der Waals surface area contributed by atoms with E-state index in [1.54, 1.807) is 32.8 Å². The highest BCUT2D eigenvalue weighted by atomic mass is 32.2. The lowest BCUT2D eigenvalue weighted by molar-refractivity contribution is -0.136. The number of amides is 1. The van der Waals surface area contributed by atoms with Crippen molar-refractivity contribution < 1.29 is 13.2 Å². The normalized spacial score (nSPS) is 26.9. The number of hydrogen-bond donors (Lipinski definition) is 0. The van der Waals surface area contributed by atoms with Gasteiger partial charge in [0.15, 0.2) is 0 Å². The predicted molar refractivity (Wildman–Crippen MR) is 81.5 cm³/mol. The van der Waals surface area contributed by atoms with Gasteiger partial charge in [-0.2, -0.15) is 4.31 Å². The maximum absolute atomic E-state index is 12.7. The van der Waals surface area contributed by atoms with Crippen molar-refractivity contribution in [1.29, 1.82) is 0 Å². The second-order valence-electron chi connectivity index (χ2n) is 5.34. The Kier molecular flexibility index (Phi) is 3.90. The molecule has 0 bridgehead atoms. The van der Waals surface area contributed by atoms with Gasteiger partial charge in [-0.05, 0) is 24.3 Å². The molecule has 0 unspecified atom stereocenters. The van der Waals surface area contributed by atoms with Crippen LogP contribution in [0.3, 0.4) is 0 Å². The minimum absolute atomic E-state index is 0.0148. The van der Waals surface area contributed by atoms with Crippen molar-refractivity contribution in [1.82, 2.24) is 9.21 Å². The van der Waals surface area contributed by atoms with Gasteiger partial charge in [-0.25, -0.2) is 8.42 Å². The zero-order valence-electron chi connectivity index (χ0n) is 11.6. The van der Waals surface area contributed by atoms with Gasteiger partial charge in [-0.15, -0.1) is 17.9 Å². The maximum Gasteiger partial charge on any atom is 0.252 e. The number of rotatable bonds is 4. The number of nitrogens with zero attached hydrogens (tertiary/aromatic N) is 2. The van der Waals surface area contributed by atoms with Gasteiger partial charge in [0, 0.05) is 31.6 Å². The molecule has 2 atom stereocenters. The monoisotopic (exact) mass is 326 g/mol. The Morgan fingerprint density at radius 1 is 1.38 bits per heavy atom. The molecule has 0 spiro atoms. The Hall–Kier alpha value is -1.18. The first-order valence-corrected chi connectivity index (χ1v) is 9.33. The molecule has 1 aromatic heterocycles. The smallest absolute Gasteiger partial charge is 0.252 e. The Morgan fingerprint density at radius 2 is 2.19 bits per heavy atom. The molecular weight excluding hydrogens is 308 g/mol. The fraction of sp³-hybridized carbons (Fsp3) is 0.500. The van der Waals surface area contributed by atoms with Gasteiger partial charge in [-0.1, -0.05) is 12.1 Å². The number of piperidine rings is 1. The zero-order chi connectivity index (χ0) is 15.0. The van der Waals surface area contributed by atoms with Crippen LogP contribution in [0.15, 0.2) is 34.4 Å². The molecule has 2 aliphatic heterocycles. The van der Waals surface area contributed by atoms with Crippen molar-refractivity contribution in [2.75, 3.05) is 13.1 Å². The molecule has 1 amide bonds.